The zero-order chi connectivity index (χ0) is 28.1. The Morgan fingerprint density at radius 2 is 1.73 bits per heavy atom. The smallest absolute Gasteiger partial charge is 0.412 e. The first-order valence-corrected chi connectivity index (χ1v) is 13.7. The highest BCUT2D eigenvalue weighted by atomic mass is 16.6. The molecule has 0 unspecified atom stereocenters. The number of piperidine rings is 1. The van der Waals surface area contributed by atoms with Gasteiger partial charge in [-0.15, -0.1) is 0 Å². The van der Waals surface area contributed by atoms with E-state index < -0.39 is 11.7 Å². The van der Waals surface area contributed by atoms with Crippen LogP contribution in [0.5, 0.6) is 5.75 Å². The lowest BCUT2D eigenvalue weighted by Gasteiger charge is -2.38. The van der Waals surface area contributed by atoms with E-state index in [1.54, 1.807) is 11.0 Å². The standard InChI is InChI=1S/C32H35N3O5/c1-32(40-31(38)33-27-11-7-6-10-26(27)23-8-4-3-5-9-23)14-18-34(19-15-32)16-13-30(37)35-17-12-24-20-25(22-36)29(39-2)21-28(24)35/h3-11,20-22H,12-19H2,1-2H3,(H,33,38). The Labute approximate surface area is 234 Å². The van der Waals surface area contributed by atoms with Gasteiger partial charge < -0.3 is 19.3 Å². The predicted octanol–water partition coefficient (Wildman–Crippen LogP) is 5.56. The van der Waals surface area contributed by atoms with Gasteiger partial charge in [0.15, 0.2) is 6.29 Å². The number of carbonyl (C=O) groups is 3. The van der Waals surface area contributed by atoms with Crippen LogP contribution >= 0.6 is 0 Å². The highest BCUT2D eigenvalue weighted by molar-refractivity contribution is 5.97. The number of anilines is 2. The summed E-state index contributed by atoms with van der Waals surface area (Å²) >= 11 is 0. The summed E-state index contributed by atoms with van der Waals surface area (Å²) in [6.45, 7) is 4.70. The molecule has 2 aliphatic heterocycles. The number of nitrogens with one attached hydrogen (secondary N) is 1. The van der Waals surface area contributed by atoms with Gasteiger partial charge >= 0.3 is 6.09 Å². The summed E-state index contributed by atoms with van der Waals surface area (Å²) in [5.41, 5.74) is 4.42. The average molecular weight is 542 g/mol. The number of likely N-dealkylation sites (tertiary alicyclic amines) is 1. The summed E-state index contributed by atoms with van der Waals surface area (Å²) < 4.78 is 11.3. The van der Waals surface area contributed by atoms with Crippen molar-refractivity contribution in [2.75, 3.05) is 43.5 Å². The molecule has 2 amide bonds. The second-order valence-corrected chi connectivity index (χ2v) is 10.6. The van der Waals surface area contributed by atoms with E-state index in [2.05, 4.69) is 10.2 Å². The van der Waals surface area contributed by atoms with E-state index in [1.165, 1.54) is 7.11 Å². The maximum Gasteiger partial charge on any atom is 0.412 e. The molecule has 0 bridgehead atoms. The summed E-state index contributed by atoms with van der Waals surface area (Å²) in [5.74, 6) is 0.539. The highest BCUT2D eigenvalue weighted by Gasteiger charge is 2.34. The van der Waals surface area contributed by atoms with Gasteiger partial charge in [-0.05, 0) is 49.4 Å². The van der Waals surface area contributed by atoms with Gasteiger partial charge in [0, 0.05) is 44.2 Å². The van der Waals surface area contributed by atoms with Crippen LogP contribution in [0.3, 0.4) is 0 Å². The molecule has 2 heterocycles. The molecule has 0 aliphatic carbocycles. The Kier molecular flexibility index (Phi) is 8.16. The predicted molar refractivity (Wildman–Crippen MR) is 155 cm³/mol. The Balaban J connectivity index is 1.12. The third kappa shape index (κ3) is 6.02. The van der Waals surface area contributed by atoms with E-state index in [0.29, 0.717) is 49.4 Å². The topological polar surface area (TPSA) is 88.2 Å². The van der Waals surface area contributed by atoms with Crippen molar-refractivity contribution in [3.8, 4) is 16.9 Å². The van der Waals surface area contributed by atoms with E-state index >= 15 is 0 Å². The van der Waals surface area contributed by atoms with E-state index in [9.17, 15) is 14.4 Å². The quantitative estimate of drug-likeness (QED) is 0.376. The number of ether oxygens (including phenoxy) is 2. The van der Waals surface area contributed by atoms with Crippen LogP contribution in [-0.2, 0) is 16.0 Å². The van der Waals surface area contributed by atoms with Gasteiger partial charge in [0.1, 0.15) is 11.4 Å². The molecule has 2 aliphatic rings. The van der Waals surface area contributed by atoms with Crippen LogP contribution in [0.4, 0.5) is 16.2 Å². The monoisotopic (exact) mass is 541 g/mol. The molecule has 208 valence electrons. The zero-order valence-electron chi connectivity index (χ0n) is 23.0. The Bertz CT molecular complexity index is 1380. The number of carbonyl (C=O) groups excluding carboxylic acids is 3. The molecule has 0 spiro atoms. The SMILES string of the molecule is COc1cc2c(cc1C=O)CCN2C(=O)CCN1CCC(C)(OC(=O)Nc2ccccc2-c2ccccc2)CC1. The second kappa shape index (κ2) is 11.9. The number of fused-ring (bicyclic) bond motifs is 1. The molecule has 0 saturated carbocycles. The maximum absolute atomic E-state index is 13.1. The molecule has 40 heavy (non-hydrogen) atoms. The lowest BCUT2D eigenvalue weighted by Crippen LogP contribution is -2.46. The molecule has 1 fully saturated rings. The van der Waals surface area contributed by atoms with E-state index in [4.69, 9.17) is 9.47 Å². The number of para-hydroxylation sites is 1. The number of rotatable bonds is 8. The van der Waals surface area contributed by atoms with Crippen LogP contribution in [-0.4, -0.2) is 62.1 Å². The van der Waals surface area contributed by atoms with Crippen LogP contribution in [0, 0.1) is 0 Å². The zero-order valence-corrected chi connectivity index (χ0v) is 23.0. The molecular weight excluding hydrogens is 506 g/mol. The number of hydrogen-bond acceptors (Lipinski definition) is 6. The summed E-state index contributed by atoms with van der Waals surface area (Å²) in [7, 11) is 1.52. The number of benzene rings is 3. The van der Waals surface area contributed by atoms with E-state index in [-0.39, 0.29) is 5.91 Å². The minimum atomic E-state index is -0.576. The fourth-order valence-corrected chi connectivity index (χ4v) is 5.53. The molecule has 3 aromatic carbocycles. The van der Waals surface area contributed by atoms with Crippen LogP contribution in [0.1, 0.15) is 42.1 Å². The first-order chi connectivity index (χ1) is 19.4. The first-order valence-electron chi connectivity index (χ1n) is 13.7. The lowest BCUT2D eigenvalue weighted by atomic mass is 9.93. The van der Waals surface area contributed by atoms with Crippen LogP contribution in [0.25, 0.3) is 11.1 Å². The van der Waals surface area contributed by atoms with Gasteiger partial charge in [-0.1, -0.05) is 48.5 Å². The number of methoxy groups -OCH3 is 1. The van der Waals surface area contributed by atoms with Gasteiger partial charge in [0.05, 0.1) is 24.0 Å². The van der Waals surface area contributed by atoms with Crippen molar-refractivity contribution in [1.29, 1.82) is 0 Å². The molecule has 8 heteroatoms. The highest BCUT2D eigenvalue weighted by Crippen LogP contribution is 2.35. The van der Waals surface area contributed by atoms with Crippen molar-refractivity contribution in [3.63, 3.8) is 0 Å². The molecule has 1 N–H and O–H groups in total. The van der Waals surface area contributed by atoms with Crippen LogP contribution < -0.4 is 15.0 Å². The number of amides is 2. The summed E-state index contributed by atoms with van der Waals surface area (Å²) in [6.07, 6.45) is 2.81. The van der Waals surface area contributed by atoms with Gasteiger partial charge in [0.2, 0.25) is 5.91 Å². The van der Waals surface area contributed by atoms with Gasteiger partial charge in [-0.2, -0.15) is 0 Å². The van der Waals surface area contributed by atoms with Crippen molar-refractivity contribution in [2.45, 2.75) is 38.2 Å². The number of nitrogens with zero attached hydrogens (tertiary/aromatic N) is 2. The number of hydrogen-bond donors (Lipinski definition) is 1. The summed E-state index contributed by atoms with van der Waals surface area (Å²) in [4.78, 5) is 41.3. The molecule has 3 aromatic rings. The van der Waals surface area contributed by atoms with E-state index in [0.717, 1.165) is 48.2 Å². The normalized spacial score (nSPS) is 16.2. The van der Waals surface area contributed by atoms with Crippen molar-refractivity contribution in [2.24, 2.45) is 0 Å². The van der Waals surface area contributed by atoms with Crippen LogP contribution in [0.15, 0.2) is 66.7 Å². The minimum absolute atomic E-state index is 0.0562. The summed E-state index contributed by atoms with van der Waals surface area (Å²) in [6, 6.07) is 21.2. The third-order valence-electron chi connectivity index (χ3n) is 7.90. The molecule has 0 aromatic heterocycles. The fourth-order valence-electron chi connectivity index (χ4n) is 5.53. The van der Waals surface area contributed by atoms with Gasteiger partial charge in [0.25, 0.3) is 0 Å². The molecular formula is C32H35N3O5. The Morgan fingerprint density at radius 3 is 2.45 bits per heavy atom. The van der Waals surface area contributed by atoms with Gasteiger partial charge in [-0.3, -0.25) is 14.9 Å². The minimum Gasteiger partial charge on any atom is -0.496 e. The van der Waals surface area contributed by atoms with Crippen molar-refractivity contribution < 1.29 is 23.9 Å². The second-order valence-electron chi connectivity index (χ2n) is 10.6. The largest absolute Gasteiger partial charge is 0.496 e. The Morgan fingerprint density at radius 1 is 1.00 bits per heavy atom. The molecule has 5 rings (SSSR count). The molecule has 1 saturated heterocycles. The van der Waals surface area contributed by atoms with E-state index in [1.807, 2.05) is 67.6 Å². The molecule has 0 atom stereocenters. The lowest BCUT2D eigenvalue weighted by molar-refractivity contribution is -0.119. The fraction of sp³-hybridized carbons (Fsp3) is 0.344. The van der Waals surface area contributed by atoms with Gasteiger partial charge in [-0.25, -0.2) is 4.79 Å². The average Bonchev–Trinajstić information content (AvgIpc) is 3.39. The number of aldehydes is 1. The van der Waals surface area contributed by atoms with Crippen LogP contribution in [0.2, 0.25) is 0 Å². The molecule has 8 nitrogen and oxygen atoms in total. The first kappa shape index (κ1) is 27.4. The Hall–Kier alpha value is -4.17. The van der Waals surface area contributed by atoms with Crippen molar-refractivity contribution in [3.05, 3.63) is 77.9 Å². The summed E-state index contributed by atoms with van der Waals surface area (Å²) in [5, 5.41) is 2.93. The van der Waals surface area contributed by atoms with Crippen molar-refractivity contribution >= 4 is 29.7 Å². The third-order valence-corrected chi connectivity index (χ3v) is 7.90. The molecule has 0 radical (unpaired) electrons. The van der Waals surface area contributed by atoms with Crippen molar-refractivity contribution in [1.82, 2.24) is 4.90 Å². The maximum atomic E-state index is 13.1.